The monoisotopic (exact) mass is 359 g/mol. The molecule has 0 spiro atoms. The summed E-state index contributed by atoms with van der Waals surface area (Å²) in [6, 6.07) is 12.2. The first-order valence-electron chi connectivity index (χ1n) is 9.20. The van der Waals surface area contributed by atoms with Gasteiger partial charge in [0.25, 0.3) is 0 Å². The van der Waals surface area contributed by atoms with Crippen LogP contribution in [0.3, 0.4) is 0 Å². The van der Waals surface area contributed by atoms with Gasteiger partial charge in [-0.05, 0) is 24.3 Å². The van der Waals surface area contributed by atoms with E-state index < -0.39 is 0 Å². The molecule has 6 heteroatoms. The van der Waals surface area contributed by atoms with Gasteiger partial charge < -0.3 is 14.0 Å². The lowest BCUT2D eigenvalue weighted by Crippen LogP contribution is -2.37. The highest BCUT2D eigenvalue weighted by Gasteiger charge is 2.35. The summed E-state index contributed by atoms with van der Waals surface area (Å²) in [5.74, 6) is 1.95. The molecule has 3 aromatic heterocycles. The molecule has 0 radical (unpaired) electrons. The minimum absolute atomic E-state index is 0.0301. The Morgan fingerprint density at radius 1 is 1.26 bits per heavy atom. The van der Waals surface area contributed by atoms with Crippen molar-refractivity contribution in [2.24, 2.45) is 0 Å². The standard InChI is InChI=1S/C21H21N5O/c1-2-10-26-18-8-4-3-7-16(18)24-21(26)20-19-17(22-14-23-19)9-11-25(20)13-15-6-5-12-27-15/h2-8,12,14,20H,1,9-11,13H2,(H,22,23)/t20-/m0/s1. The Bertz CT molecular complexity index is 1080. The fraction of sp³-hybridized carbons (Fsp3) is 0.238. The molecule has 136 valence electrons. The van der Waals surface area contributed by atoms with E-state index in [1.54, 1.807) is 12.6 Å². The van der Waals surface area contributed by atoms with Crippen LogP contribution in [0.25, 0.3) is 11.0 Å². The maximum Gasteiger partial charge on any atom is 0.133 e. The van der Waals surface area contributed by atoms with Crippen LogP contribution >= 0.6 is 0 Å². The van der Waals surface area contributed by atoms with Crippen molar-refractivity contribution in [2.45, 2.75) is 25.6 Å². The maximum atomic E-state index is 5.61. The van der Waals surface area contributed by atoms with Crippen LogP contribution in [-0.4, -0.2) is 31.0 Å². The van der Waals surface area contributed by atoms with Crippen LogP contribution in [0.4, 0.5) is 0 Å². The number of imidazole rings is 2. The number of rotatable bonds is 5. The number of fused-ring (bicyclic) bond motifs is 2. The lowest BCUT2D eigenvalue weighted by atomic mass is 10.0. The topological polar surface area (TPSA) is 62.9 Å². The predicted octanol–water partition coefficient (Wildman–Crippen LogP) is 3.69. The molecule has 0 aliphatic carbocycles. The Labute approximate surface area is 157 Å². The number of benzene rings is 1. The van der Waals surface area contributed by atoms with Crippen molar-refractivity contribution in [1.29, 1.82) is 0 Å². The van der Waals surface area contributed by atoms with Crippen LogP contribution in [-0.2, 0) is 19.5 Å². The van der Waals surface area contributed by atoms with Gasteiger partial charge in [0.1, 0.15) is 17.6 Å². The molecular weight excluding hydrogens is 338 g/mol. The predicted molar refractivity (Wildman–Crippen MR) is 103 cm³/mol. The largest absolute Gasteiger partial charge is 0.468 e. The normalized spacial score (nSPS) is 17.3. The fourth-order valence-electron chi connectivity index (χ4n) is 4.01. The Morgan fingerprint density at radius 3 is 3.04 bits per heavy atom. The number of furan rings is 1. The second-order valence-corrected chi connectivity index (χ2v) is 6.83. The van der Waals surface area contributed by atoms with Gasteiger partial charge in [0.15, 0.2) is 0 Å². The van der Waals surface area contributed by atoms with Gasteiger partial charge in [-0.3, -0.25) is 4.90 Å². The van der Waals surface area contributed by atoms with Crippen molar-refractivity contribution in [3.05, 3.63) is 84.6 Å². The first kappa shape index (κ1) is 16.1. The number of aromatic nitrogens is 4. The molecule has 4 aromatic rings. The summed E-state index contributed by atoms with van der Waals surface area (Å²) in [4.78, 5) is 15.4. The highest BCUT2D eigenvalue weighted by atomic mass is 16.3. The smallest absolute Gasteiger partial charge is 0.133 e. The van der Waals surface area contributed by atoms with Crippen LogP contribution in [0, 0.1) is 0 Å². The Kier molecular flexibility index (Phi) is 3.90. The molecule has 0 bridgehead atoms. The Balaban J connectivity index is 1.66. The molecular formula is C21H21N5O. The average Bonchev–Trinajstić information content (AvgIpc) is 3.42. The van der Waals surface area contributed by atoms with E-state index in [-0.39, 0.29) is 6.04 Å². The number of hydrogen-bond donors (Lipinski definition) is 1. The van der Waals surface area contributed by atoms with E-state index in [9.17, 15) is 0 Å². The lowest BCUT2D eigenvalue weighted by molar-refractivity contribution is 0.176. The van der Waals surface area contributed by atoms with Crippen molar-refractivity contribution in [1.82, 2.24) is 24.4 Å². The minimum atomic E-state index is -0.0301. The van der Waals surface area contributed by atoms with Gasteiger partial charge in [0.2, 0.25) is 0 Å². The zero-order valence-electron chi connectivity index (χ0n) is 15.0. The average molecular weight is 359 g/mol. The van der Waals surface area contributed by atoms with Crippen LogP contribution in [0.1, 0.15) is 29.0 Å². The minimum Gasteiger partial charge on any atom is -0.468 e. The molecule has 1 aliphatic heterocycles. The molecule has 5 rings (SSSR count). The molecule has 1 N–H and O–H groups in total. The summed E-state index contributed by atoms with van der Waals surface area (Å²) in [7, 11) is 0. The summed E-state index contributed by atoms with van der Waals surface area (Å²) in [5, 5.41) is 0. The van der Waals surface area contributed by atoms with E-state index in [4.69, 9.17) is 9.40 Å². The van der Waals surface area contributed by atoms with Gasteiger partial charge >= 0.3 is 0 Å². The summed E-state index contributed by atoms with van der Waals surface area (Å²) >= 11 is 0. The van der Waals surface area contributed by atoms with Gasteiger partial charge in [-0.25, -0.2) is 9.97 Å². The molecule has 0 saturated carbocycles. The highest BCUT2D eigenvalue weighted by Crippen LogP contribution is 2.35. The van der Waals surface area contributed by atoms with Crippen molar-refractivity contribution < 1.29 is 4.42 Å². The second-order valence-electron chi connectivity index (χ2n) is 6.83. The summed E-state index contributed by atoms with van der Waals surface area (Å²) in [5.41, 5.74) is 4.35. The quantitative estimate of drug-likeness (QED) is 0.552. The third kappa shape index (κ3) is 2.69. The fourth-order valence-corrected chi connectivity index (χ4v) is 4.01. The summed E-state index contributed by atoms with van der Waals surface area (Å²) in [6.45, 7) is 6.29. The van der Waals surface area contributed by atoms with Crippen LogP contribution in [0.2, 0.25) is 0 Å². The van der Waals surface area contributed by atoms with Crippen LogP contribution in [0.15, 0.2) is 66.1 Å². The zero-order valence-corrected chi connectivity index (χ0v) is 15.0. The molecule has 0 saturated heterocycles. The van der Waals surface area contributed by atoms with E-state index in [2.05, 4.69) is 44.2 Å². The van der Waals surface area contributed by atoms with Gasteiger partial charge in [-0.2, -0.15) is 0 Å². The molecule has 0 amide bonds. The van der Waals surface area contributed by atoms with Crippen LogP contribution < -0.4 is 0 Å². The summed E-state index contributed by atoms with van der Waals surface area (Å²) < 4.78 is 7.86. The lowest BCUT2D eigenvalue weighted by Gasteiger charge is -2.34. The van der Waals surface area contributed by atoms with Crippen molar-refractivity contribution >= 4 is 11.0 Å². The first-order chi connectivity index (χ1) is 13.3. The van der Waals surface area contributed by atoms with Crippen LogP contribution in [0.5, 0.6) is 0 Å². The van der Waals surface area contributed by atoms with Crippen molar-refractivity contribution in [2.75, 3.05) is 6.54 Å². The van der Waals surface area contributed by atoms with E-state index in [1.165, 1.54) is 5.69 Å². The number of hydrogen-bond acceptors (Lipinski definition) is 4. The maximum absolute atomic E-state index is 5.61. The first-order valence-corrected chi connectivity index (χ1v) is 9.20. The van der Waals surface area contributed by atoms with Gasteiger partial charge in [-0.1, -0.05) is 18.2 Å². The Hall–Kier alpha value is -3.12. The molecule has 1 aromatic carbocycles. The second kappa shape index (κ2) is 6.55. The molecule has 0 fully saturated rings. The number of aromatic amines is 1. The van der Waals surface area contributed by atoms with Gasteiger partial charge in [0, 0.05) is 25.2 Å². The third-order valence-electron chi connectivity index (χ3n) is 5.20. The van der Waals surface area contributed by atoms with E-state index in [0.29, 0.717) is 6.54 Å². The number of allylic oxidation sites excluding steroid dienone is 1. The molecule has 27 heavy (non-hydrogen) atoms. The molecule has 1 aliphatic rings. The number of para-hydroxylation sites is 2. The number of H-pyrrole nitrogens is 1. The SMILES string of the molecule is C=CCn1c([C@@H]2c3nc[nH]c3CCN2Cc2ccco2)nc2ccccc21. The van der Waals surface area contributed by atoms with Gasteiger partial charge in [-0.15, -0.1) is 6.58 Å². The number of nitrogens with one attached hydrogen (secondary N) is 1. The zero-order chi connectivity index (χ0) is 18.2. The highest BCUT2D eigenvalue weighted by molar-refractivity contribution is 5.76. The third-order valence-corrected chi connectivity index (χ3v) is 5.20. The van der Waals surface area contributed by atoms with E-state index in [1.807, 2.05) is 24.3 Å². The van der Waals surface area contributed by atoms with E-state index in [0.717, 1.165) is 47.8 Å². The van der Waals surface area contributed by atoms with Crippen molar-refractivity contribution in [3.63, 3.8) is 0 Å². The van der Waals surface area contributed by atoms with E-state index >= 15 is 0 Å². The number of nitrogens with zero attached hydrogens (tertiary/aromatic N) is 4. The Morgan fingerprint density at radius 2 is 2.19 bits per heavy atom. The molecule has 0 unspecified atom stereocenters. The molecule has 6 nitrogen and oxygen atoms in total. The van der Waals surface area contributed by atoms with Gasteiger partial charge in [0.05, 0.1) is 35.9 Å². The van der Waals surface area contributed by atoms with Crippen molar-refractivity contribution in [3.8, 4) is 0 Å². The summed E-state index contributed by atoms with van der Waals surface area (Å²) in [6.07, 6.45) is 6.37. The molecule has 4 heterocycles. The molecule has 1 atom stereocenters.